The highest BCUT2D eigenvalue weighted by atomic mass is 16.1. The third-order valence-electron chi connectivity index (χ3n) is 3.03. The molecule has 0 radical (unpaired) electrons. The summed E-state index contributed by atoms with van der Waals surface area (Å²) in [5.41, 5.74) is 2.82. The third-order valence-corrected chi connectivity index (χ3v) is 3.03. The van der Waals surface area contributed by atoms with Gasteiger partial charge in [0.1, 0.15) is 5.92 Å². The van der Waals surface area contributed by atoms with Crippen molar-refractivity contribution in [1.29, 1.82) is 0 Å². The Hall–Kier alpha value is -2.29. The smallest absolute Gasteiger partial charge is 0.260 e. The molecule has 2 aliphatic rings. The Kier molecular flexibility index (Phi) is 2.52. The molecule has 1 aliphatic carbocycles. The van der Waals surface area contributed by atoms with Crippen LogP contribution >= 0.6 is 0 Å². The number of aryl methyl sites for hydroxylation is 1. The van der Waals surface area contributed by atoms with Gasteiger partial charge in [-0.2, -0.15) is 4.99 Å². The van der Waals surface area contributed by atoms with Gasteiger partial charge in [0.05, 0.1) is 5.71 Å². The molecule has 0 saturated heterocycles. The summed E-state index contributed by atoms with van der Waals surface area (Å²) in [4.78, 5) is 20.5. The van der Waals surface area contributed by atoms with Crippen LogP contribution in [0.1, 0.15) is 11.1 Å². The van der Waals surface area contributed by atoms with Crippen molar-refractivity contribution < 1.29 is 4.79 Å². The van der Waals surface area contributed by atoms with Gasteiger partial charge < -0.3 is 0 Å². The van der Waals surface area contributed by atoms with Gasteiger partial charge in [-0.05, 0) is 13.0 Å². The molecule has 0 aromatic heterocycles. The Morgan fingerprint density at radius 2 is 1.83 bits per heavy atom. The molecule has 3 rings (SSSR count). The Morgan fingerprint density at radius 3 is 2.61 bits per heavy atom. The van der Waals surface area contributed by atoms with Crippen molar-refractivity contribution in [2.45, 2.75) is 6.92 Å². The van der Waals surface area contributed by atoms with E-state index in [1.807, 2.05) is 55.5 Å². The van der Waals surface area contributed by atoms with E-state index in [0.29, 0.717) is 5.84 Å². The number of aliphatic imine (C=N–C) groups is 2. The van der Waals surface area contributed by atoms with E-state index in [2.05, 4.69) is 9.98 Å². The quantitative estimate of drug-likeness (QED) is 0.738. The van der Waals surface area contributed by atoms with Crippen LogP contribution in [0.5, 0.6) is 0 Å². The van der Waals surface area contributed by atoms with Crippen molar-refractivity contribution in [2.24, 2.45) is 15.9 Å². The predicted octanol–water partition coefficient (Wildman–Crippen LogP) is 2.47. The van der Waals surface area contributed by atoms with Gasteiger partial charge in [0.15, 0.2) is 5.84 Å². The molecule has 88 valence electrons. The first-order chi connectivity index (χ1) is 8.74. The largest absolute Gasteiger partial charge is 0.271 e. The number of fused-ring (bicyclic) bond motifs is 1. The standard InChI is InChI=1S/C15H12N2O/c1-10-6-8-11(9-7-10)14-16-13-5-3-2-4-12(13)15(18)17-14/h2-9,12H,1H3. The fraction of sp³-hybridized carbons (Fsp3) is 0.133. The first kappa shape index (κ1) is 10.8. The topological polar surface area (TPSA) is 41.8 Å². The maximum Gasteiger partial charge on any atom is 0.260 e. The van der Waals surface area contributed by atoms with Gasteiger partial charge in [0.25, 0.3) is 5.91 Å². The molecule has 3 nitrogen and oxygen atoms in total. The fourth-order valence-electron chi connectivity index (χ4n) is 2.00. The molecule has 0 spiro atoms. The number of hydrogen-bond donors (Lipinski definition) is 0. The lowest BCUT2D eigenvalue weighted by molar-refractivity contribution is -0.118. The van der Waals surface area contributed by atoms with Crippen molar-refractivity contribution in [3.8, 4) is 0 Å². The van der Waals surface area contributed by atoms with E-state index >= 15 is 0 Å². The van der Waals surface area contributed by atoms with Gasteiger partial charge >= 0.3 is 0 Å². The Labute approximate surface area is 105 Å². The summed E-state index contributed by atoms with van der Waals surface area (Å²) in [5.74, 6) is 0.0616. The number of allylic oxidation sites excluding steroid dienone is 3. The van der Waals surface area contributed by atoms with Crippen LogP contribution < -0.4 is 0 Å². The molecule has 0 bridgehead atoms. The maximum atomic E-state index is 11.9. The molecule has 1 amide bonds. The number of amides is 1. The summed E-state index contributed by atoms with van der Waals surface area (Å²) in [6.07, 6.45) is 7.44. The number of amidine groups is 1. The highest BCUT2D eigenvalue weighted by Crippen LogP contribution is 2.18. The zero-order valence-electron chi connectivity index (χ0n) is 10.00. The van der Waals surface area contributed by atoms with Crippen LogP contribution in [0.3, 0.4) is 0 Å². The highest BCUT2D eigenvalue weighted by Gasteiger charge is 2.26. The van der Waals surface area contributed by atoms with E-state index in [9.17, 15) is 4.79 Å². The average molecular weight is 236 g/mol. The van der Waals surface area contributed by atoms with Crippen molar-refractivity contribution in [2.75, 3.05) is 0 Å². The minimum atomic E-state index is -0.302. The first-order valence-corrected chi connectivity index (χ1v) is 5.87. The summed E-state index contributed by atoms with van der Waals surface area (Å²) < 4.78 is 0. The van der Waals surface area contributed by atoms with E-state index in [1.165, 1.54) is 5.56 Å². The second kappa shape index (κ2) is 4.18. The van der Waals surface area contributed by atoms with Crippen LogP contribution in [-0.4, -0.2) is 17.5 Å². The summed E-state index contributed by atoms with van der Waals surface area (Å²) in [6, 6.07) is 7.86. The van der Waals surface area contributed by atoms with Crippen LogP contribution in [0, 0.1) is 12.8 Å². The zero-order valence-corrected chi connectivity index (χ0v) is 10.00. The molecular formula is C15H12N2O. The Morgan fingerprint density at radius 1 is 1.06 bits per heavy atom. The van der Waals surface area contributed by atoms with Crippen molar-refractivity contribution in [1.82, 2.24) is 0 Å². The van der Waals surface area contributed by atoms with Crippen molar-refractivity contribution >= 4 is 17.5 Å². The van der Waals surface area contributed by atoms with E-state index in [1.54, 1.807) is 0 Å². The van der Waals surface area contributed by atoms with Crippen LogP contribution in [0.15, 0.2) is 58.6 Å². The molecule has 0 fully saturated rings. The minimum absolute atomic E-state index is 0.142. The van der Waals surface area contributed by atoms with Gasteiger partial charge in [-0.1, -0.05) is 48.1 Å². The molecular weight excluding hydrogens is 224 g/mol. The SMILES string of the molecule is Cc1ccc(C2=NC(=O)C3C=CC=CC3=N2)cc1. The summed E-state index contributed by atoms with van der Waals surface area (Å²) >= 11 is 0. The lowest BCUT2D eigenvalue weighted by atomic mass is 9.96. The number of benzene rings is 1. The summed E-state index contributed by atoms with van der Waals surface area (Å²) in [6.45, 7) is 2.02. The molecule has 1 atom stereocenters. The summed E-state index contributed by atoms with van der Waals surface area (Å²) in [5, 5.41) is 0. The van der Waals surface area contributed by atoms with Crippen LogP contribution in [0.2, 0.25) is 0 Å². The molecule has 0 N–H and O–H groups in total. The van der Waals surface area contributed by atoms with Gasteiger partial charge in [-0.25, -0.2) is 4.99 Å². The number of hydrogen-bond acceptors (Lipinski definition) is 2. The highest BCUT2D eigenvalue weighted by molar-refractivity contribution is 6.24. The van der Waals surface area contributed by atoms with E-state index < -0.39 is 0 Å². The molecule has 1 heterocycles. The third kappa shape index (κ3) is 1.84. The lowest BCUT2D eigenvalue weighted by Crippen LogP contribution is -2.27. The van der Waals surface area contributed by atoms with Crippen molar-refractivity contribution in [3.05, 3.63) is 59.7 Å². The average Bonchev–Trinajstić information content (AvgIpc) is 2.39. The number of carbonyl (C=O) groups is 1. The lowest BCUT2D eigenvalue weighted by Gasteiger charge is -2.17. The number of carbonyl (C=O) groups excluding carboxylic acids is 1. The van der Waals surface area contributed by atoms with Crippen LogP contribution in [0.25, 0.3) is 0 Å². The molecule has 1 aromatic rings. The zero-order chi connectivity index (χ0) is 12.5. The molecule has 18 heavy (non-hydrogen) atoms. The monoisotopic (exact) mass is 236 g/mol. The van der Waals surface area contributed by atoms with Gasteiger partial charge in [-0.15, -0.1) is 0 Å². The van der Waals surface area contributed by atoms with E-state index in [4.69, 9.17) is 0 Å². The van der Waals surface area contributed by atoms with Gasteiger partial charge in [0.2, 0.25) is 0 Å². The molecule has 1 aromatic carbocycles. The summed E-state index contributed by atoms with van der Waals surface area (Å²) in [7, 11) is 0. The fourth-order valence-corrected chi connectivity index (χ4v) is 2.00. The molecule has 0 saturated carbocycles. The molecule has 1 aliphatic heterocycles. The molecule has 3 heteroatoms. The second-order valence-electron chi connectivity index (χ2n) is 4.40. The van der Waals surface area contributed by atoms with Crippen LogP contribution in [0.4, 0.5) is 0 Å². The van der Waals surface area contributed by atoms with E-state index in [0.717, 1.165) is 11.3 Å². The maximum absolute atomic E-state index is 11.9. The predicted molar refractivity (Wildman–Crippen MR) is 71.9 cm³/mol. The van der Waals surface area contributed by atoms with Gasteiger partial charge in [-0.3, -0.25) is 4.79 Å². The normalized spacial score (nSPS) is 21.4. The Bertz CT molecular complexity index is 618. The first-order valence-electron chi connectivity index (χ1n) is 5.87. The van der Waals surface area contributed by atoms with Crippen molar-refractivity contribution in [3.63, 3.8) is 0 Å². The second-order valence-corrected chi connectivity index (χ2v) is 4.40. The number of rotatable bonds is 1. The van der Waals surface area contributed by atoms with Gasteiger partial charge in [0, 0.05) is 5.56 Å². The number of nitrogens with zero attached hydrogens (tertiary/aromatic N) is 2. The van der Waals surface area contributed by atoms with Crippen LogP contribution in [-0.2, 0) is 4.79 Å². The minimum Gasteiger partial charge on any atom is -0.271 e. The Balaban J connectivity index is 2.02. The van der Waals surface area contributed by atoms with E-state index in [-0.39, 0.29) is 11.8 Å². The molecule has 1 unspecified atom stereocenters.